The Balaban J connectivity index is 2.08. The smallest absolute Gasteiger partial charge is 0.236 e. The molecule has 0 spiro atoms. The van der Waals surface area contributed by atoms with E-state index in [1.54, 1.807) is 6.20 Å². The van der Waals surface area contributed by atoms with Crippen LogP contribution in [0.1, 0.15) is 10.4 Å². The predicted molar refractivity (Wildman–Crippen MR) is 85.9 cm³/mol. The van der Waals surface area contributed by atoms with Crippen LogP contribution in [-0.4, -0.2) is 15.9 Å². The van der Waals surface area contributed by atoms with E-state index < -0.39 is 5.92 Å². The molecule has 6 heteroatoms. The highest BCUT2D eigenvalue weighted by Crippen LogP contribution is 2.18. The van der Waals surface area contributed by atoms with Crippen molar-refractivity contribution in [3.63, 3.8) is 0 Å². The lowest BCUT2D eigenvalue weighted by atomic mass is 9.98. The Kier molecular flexibility index (Phi) is 4.81. The van der Waals surface area contributed by atoms with Crippen molar-refractivity contribution in [2.24, 2.45) is 11.7 Å². The highest BCUT2D eigenvalue weighted by molar-refractivity contribution is 7.80. The molecule has 0 bridgehead atoms. The van der Waals surface area contributed by atoms with Crippen LogP contribution in [0.5, 0.6) is 0 Å². The van der Waals surface area contributed by atoms with Gasteiger partial charge >= 0.3 is 0 Å². The molecular weight excluding hydrogens is 290 g/mol. The topological polar surface area (TPSA) is 68.0 Å². The van der Waals surface area contributed by atoms with E-state index in [1.807, 2.05) is 37.3 Å². The highest BCUT2D eigenvalue weighted by atomic mass is 32.1. The monoisotopic (exact) mass is 305 g/mol. The van der Waals surface area contributed by atoms with Gasteiger partial charge in [-0.05, 0) is 18.9 Å². The summed E-state index contributed by atoms with van der Waals surface area (Å²) in [6.45, 7) is 1.93. The van der Waals surface area contributed by atoms with Gasteiger partial charge in [0.05, 0.1) is 10.9 Å². The Labute approximate surface area is 127 Å². The van der Waals surface area contributed by atoms with Gasteiger partial charge in [0.15, 0.2) is 5.13 Å². The molecule has 1 amide bonds. The number of thiocarbonyl (C=S) groups is 1. The average molecular weight is 305 g/mol. The van der Waals surface area contributed by atoms with Crippen LogP contribution in [0.4, 0.5) is 5.13 Å². The van der Waals surface area contributed by atoms with Crippen LogP contribution in [0.25, 0.3) is 0 Å². The summed E-state index contributed by atoms with van der Waals surface area (Å²) < 4.78 is 0. The third-order valence-corrected chi connectivity index (χ3v) is 3.91. The number of carbonyl (C=O) groups excluding carboxylic acids is 1. The minimum Gasteiger partial charge on any atom is -0.393 e. The van der Waals surface area contributed by atoms with E-state index in [1.165, 1.54) is 11.3 Å². The van der Waals surface area contributed by atoms with Crippen LogP contribution < -0.4 is 11.1 Å². The SMILES string of the molecule is Cc1cnc(NC(=O)C(Cc2ccccc2)C(N)=S)s1. The minimum absolute atomic E-state index is 0.194. The second-order valence-corrected chi connectivity index (χ2v) is 6.12. The normalized spacial score (nSPS) is 11.8. The fourth-order valence-electron chi connectivity index (χ4n) is 1.78. The van der Waals surface area contributed by atoms with Gasteiger partial charge in [-0.25, -0.2) is 4.98 Å². The van der Waals surface area contributed by atoms with E-state index in [9.17, 15) is 4.79 Å². The zero-order chi connectivity index (χ0) is 14.5. The summed E-state index contributed by atoms with van der Waals surface area (Å²) in [6.07, 6.45) is 2.21. The second-order valence-electron chi connectivity index (χ2n) is 4.41. The van der Waals surface area contributed by atoms with Gasteiger partial charge in [-0.15, -0.1) is 11.3 Å². The molecule has 4 nitrogen and oxygen atoms in total. The number of nitrogens with one attached hydrogen (secondary N) is 1. The molecule has 1 aromatic carbocycles. The van der Waals surface area contributed by atoms with Crippen molar-refractivity contribution in [1.29, 1.82) is 0 Å². The molecule has 1 aromatic heterocycles. The van der Waals surface area contributed by atoms with E-state index in [0.29, 0.717) is 11.6 Å². The van der Waals surface area contributed by atoms with Crippen LogP contribution in [0.3, 0.4) is 0 Å². The first-order valence-electron chi connectivity index (χ1n) is 6.13. The van der Waals surface area contributed by atoms with Crippen molar-refractivity contribution in [3.05, 3.63) is 47.0 Å². The summed E-state index contributed by atoms with van der Waals surface area (Å²) >= 11 is 6.44. The molecule has 0 aliphatic rings. The first-order chi connectivity index (χ1) is 9.56. The fraction of sp³-hybridized carbons (Fsp3) is 0.214. The maximum Gasteiger partial charge on any atom is 0.236 e. The van der Waals surface area contributed by atoms with Crippen LogP contribution in [0.2, 0.25) is 0 Å². The van der Waals surface area contributed by atoms with Crippen molar-refractivity contribution >= 4 is 39.6 Å². The Morgan fingerprint density at radius 1 is 1.45 bits per heavy atom. The molecule has 0 aliphatic carbocycles. The van der Waals surface area contributed by atoms with Crippen LogP contribution in [0, 0.1) is 12.8 Å². The van der Waals surface area contributed by atoms with Gasteiger partial charge in [-0.3, -0.25) is 4.79 Å². The van der Waals surface area contributed by atoms with E-state index in [0.717, 1.165) is 10.4 Å². The molecule has 20 heavy (non-hydrogen) atoms. The maximum absolute atomic E-state index is 12.3. The lowest BCUT2D eigenvalue weighted by Crippen LogP contribution is -2.34. The van der Waals surface area contributed by atoms with E-state index in [4.69, 9.17) is 18.0 Å². The fourth-order valence-corrected chi connectivity index (χ4v) is 2.64. The molecule has 0 aliphatic heterocycles. The molecule has 0 saturated heterocycles. The van der Waals surface area contributed by atoms with Gasteiger partial charge in [-0.1, -0.05) is 42.5 Å². The molecule has 2 aromatic rings. The van der Waals surface area contributed by atoms with Gasteiger partial charge < -0.3 is 11.1 Å². The molecular formula is C14H15N3OS2. The van der Waals surface area contributed by atoms with Crippen molar-refractivity contribution in [3.8, 4) is 0 Å². The van der Waals surface area contributed by atoms with E-state index in [-0.39, 0.29) is 10.9 Å². The van der Waals surface area contributed by atoms with Crippen molar-refractivity contribution < 1.29 is 4.79 Å². The maximum atomic E-state index is 12.3. The van der Waals surface area contributed by atoms with Gasteiger partial charge in [-0.2, -0.15) is 0 Å². The molecule has 0 radical (unpaired) electrons. The van der Waals surface area contributed by atoms with Crippen LogP contribution >= 0.6 is 23.6 Å². The van der Waals surface area contributed by atoms with Crippen molar-refractivity contribution in [2.75, 3.05) is 5.32 Å². The number of nitrogens with two attached hydrogens (primary N) is 1. The standard InChI is InChI=1S/C14H15N3OS2/c1-9-8-16-14(20-9)17-13(18)11(12(15)19)7-10-5-3-2-4-6-10/h2-6,8,11H,7H2,1H3,(H2,15,19)(H,16,17,18). The number of hydrogen-bond acceptors (Lipinski definition) is 4. The number of aromatic nitrogens is 1. The minimum atomic E-state index is -0.531. The van der Waals surface area contributed by atoms with Crippen LogP contribution in [-0.2, 0) is 11.2 Å². The summed E-state index contributed by atoms with van der Waals surface area (Å²) in [4.78, 5) is 17.6. The van der Waals surface area contributed by atoms with E-state index >= 15 is 0 Å². The second kappa shape index (κ2) is 6.58. The Hall–Kier alpha value is -1.79. The van der Waals surface area contributed by atoms with Gasteiger partial charge in [0, 0.05) is 11.1 Å². The molecule has 1 atom stereocenters. The number of rotatable bonds is 5. The van der Waals surface area contributed by atoms with Gasteiger partial charge in [0.2, 0.25) is 5.91 Å². The Bertz CT molecular complexity index is 610. The molecule has 1 unspecified atom stereocenters. The lowest BCUT2D eigenvalue weighted by molar-refractivity contribution is -0.118. The zero-order valence-corrected chi connectivity index (χ0v) is 12.6. The van der Waals surface area contributed by atoms with Crippen molar-refractivity contribution in [2.45, 2.75) is 13.3 Å². The number of thiazole rings is 1. The summed E-state index contributed by atoms with van der Waals surface area (Å²) in [5, 5.41) is 3.34. The number of anilines is 1. The molecule has 2 rings (SSSR count). The third-order valence-electron chi connectivity index (χ3n) is 2.79. The molecule has 0 fully saturated rings. The number of hydrogen-bond donors (Lipinski definition) is 2. The number of nitrogens with zero attached hydrogens (tertiary/aromatic N) is 1. The lowest BCUT2D eigenvalue weighted by Gasteiger charge is -2.14. The van der Waals surface area contributed by atoms with E-state index in [2.05, 4.69) is 10.3 Å². The largest absolute Gasteiger partial charge is 0.393 e. The highest BCUT2D eigenvalue weighted by Gasteiger charge is 2.22. The molecule has 1 heterocycles. The third kappa shape index (κ3) is 3.85. The van der Waals surface area contributed by atoms with Gasteiger partial charge in [0.25, 0.3) is 0 Å². The number of aryl methyl sites for hydroxylation is 1. The van der Waals surface area contributed by atoms with Crippen LogP contribution in [0.15, 0.2) is 36.5 Å². The first-order valence-corrected chi connectivity index (χ1v) is 7.35. The van der Waals surface area contributed by atoms with Gasteiger partial charge in [0.1, 0.15) is 0 Å². The Morgan fingerprint density at radius 2 is 2.15 bits per heavy atom. The summed E-state index contributed by atoms with van der Waals surface area (Å²) in [5.74, 6) is -0.743. The average Bonchev–Trinajstić information content (AvgIpc) is 2.82. The zero-order valence-electron chi connectivity index (χ0n) is 11.0. The molecule has 0 saturated carbocycles. The number of carbonyl (C=O) groups is 1. The summed E-state index contributed by atoms with van der Waals surface area (Å²) in [5.41, 5.74) is 6.72. The summed E-state index contributed by atoms with van der Waals surface area (Å²) in [6, 6.07) is 9.68. The van der Waals surface area contributed by atoms with Crippen molar-refractivity contribution in [1.82, 2.24) is 4.98 Å². The molecule has 3 N–H and O–H groups in total. The first kappa shape index (κ1) is 14.6. The molecule has 104 valence electrons. The predicted octanol–water partition coefficient (Wildman–Crippen LogP) is 2.54. The number of benzene rings is 1. The quantitative estimate of drug-likeness (QED) is 0.833. The number of amides is 1. The Morgan fingerprint density at radius 3 is 2.70 bits per heavy atom. The summed E-state index contributed by atoms with van der Waals surface area (Å²) in [7, 11) is 0.